The van der Waals surface area contributed by atoms with Crippen molar-refractivity contribution in [2.75, 3.05) is 0 Å². The zero-order valence-corrected chi connectivity index (χ0v) is 14.7. The molecule has 0 aliphatic heterocycles. The van der Waals surface area contributed by atoms with Crippen LogP contribution in [0.25, 0.3) is 16.8 Å². The van der Waals surface area contributed by atoms with Crippen molar-refractivity contribution in [3.8, 4) is 16.8 Å². The van der Waals surface area contributed by atoms with E-state index < -0.39 is 0 Å². The number of rotatable bonds is 4. The molecule has 2 heterocycles. The molecule has 2 aromatic heterocycles. The predicted octanol–water partition coefficient (Wildman–Crippen LogP) is 4.19. The molecular formula is C23H24N2+2. The summed E-state index contributed by atoms with van der Waals surface area (Å²) in [7, 11) is 0. The number of benzene rings is 1. The second-order valence-electron chi connectivity index (χ2n) is 6.83. The van der Waals surface area contributed by atoms with E-state index in [1.807, 2.05) is 0 Å². The molecule has 0 amide bonds. The van der Waals surface area contributed by atoms with Gasteiger partial charge in [-0.05, 0) is 30.9 Å². The van der Waals surface area contributed by atoms with Crippen LogP contribution in [-0.4, -0.2) is 0 Å². The average Bonchev–Trinajstić information content (AvgIpc) is 3.16. The van der Waals surface area contributed by atoms with Gasteiger partial charge in [-0.25, -0.2) is 4.57 Å². The number of aryl methyl sites for hydroxylation is 1. The van der Waals surface area contributed by atoms with E-state index in [0.717, 1.165) is 6.54 Å². The first-order valence-corrected chi connectivity index (χ1v) is 9.03. The Bertz CT molecular complexity index is 877. The molecule has 1 aliphatic carbocycles. The van der Waals surface area contributed by atoms with Crippen molar-refractivity contribution in [2.24, 2.45) is 5.92 Å². The van der Waals surface area contributed by atoms with Gasteiger partial charge in [0.1, 0.15) is 0 Å². The fourth-order valence-corrected chi connectivity index (χ4v) is 3.52. The van der Waals surface area contributed by atoms with Gasteiger partial charge in [-0.2, -0.15) is 4.57 Å². The van der Waals surface area contributed by atoms with Crippen LogP contribution in [0.4, 0.5) is 0 Å². The molecule has 124 valence electrons. The highest BCUT2D eigenvalue weighted by Gasteiger charge is 2.15. The molecule has 0 saturated carbocycles. The van der Waals surface area contributed by atoms with Crippen molar-refractivity contribution in [3.05, 3.63) is 91.0 Å². The number of pyridine rings is 2. The lowest BCUT2D eigenvalue weighted by Gasteiger charge is -2.05. The summed E-state index contributed by atoms with van der Waals surface area (Å²) in [4.78, 5) is 0. The van der Waals surface area contributed by atoms with Crippen molar-refractivity contribution < 1.29 is 9.13 Å². The quantitative estimate of drug-likeness (QED) is 0.501. The number of hydrogen-bond donors (Lipinski definition) is 0. The van der Waals surface area contributed by atoms with Crippen LogP contribution < -0.4 is 9.13 Å². The Labute approximate surface area is 149 Å². The topological polar surface area (TPSA) is 7.76 Å². The van der Waals surface area contributed by atoms with Gasteiger partial charge in [-0.15, -0.1) is 0 Å². The normalized spacial score (nSPS) is 16.3. The maximum atomic E-state index is 2.35. The van der Waals surface area contributed by atoms with E-state index in [1.165, 1.54) is 35.2 Å². The summed E-state index contributed by atoms with van der Waals surface area (Å²) < 4.78 is 4.47. The standard InChI is InChI=1S/C23H24N2/c1-19-6-2-5-9-23(19)25-16-12-22(13-17-25)21-10-14-24(15-11-21)18-20-7-3-4-8-20/h2-3,5-7,9-17,20H,4,8,18H2,1H3/q+2/t20-/m1/s1. The van der Waals surface area contributed by atoms with Crippen molar-refractivity contribution >= 4 is 0 Å². The third-order valence-electron chi connectivity index (χ3n) is 5.01. The van der Waals surface area contributed by atoms with Crippen molar-refractivity contribution in [1.29, 1.82) is 0 Å². The number of aromatic nitrogens is 2. The van der Waals surface area contributed by atoms with Gasteiger partial charge in [0.25, 0.3) is 0 Å². The van der Waals surface area contributed by atoms with E-state index in [2.05, 4.69) is 102 Å². The molecule has 3 aromatic rings. The zero-order valence-electron chi connectivity index (χ0n) is 14.7. The first-order chi connectivity index (χ1) is 12.3. The molecule has 4 rings (SSSR count). The Kier molecular flexibility index (Phi) is 4.43. The van der Waals surface area contributed by atoms with Gasteiger partial charge in [0.05, 0.1) is 0 Å². The SMILES string of the molecule is Cc1ccccc1-[n+]1ccc(-c2cc[n+](C[C@@H]3C=CCC3)cc2)cc1. The molecule has 0 fully saturated rings. The number of nitrogens with zero attached hydrogens (tertiary/aromatic N) is 2. The molecule has 2 heteroatoms. The third-order valence-corrected chi connectivity index (χ3v) is 5.01. The van der Waals surface area contributed by atoms with Gasteiger partial charge in [-0.1, -0.05) is 30.4 Å². The maximum Gasteiger partial charge on any atom is 0.213 e. The minimum absolute atomic E-state index is 0.695. The van der Waals surface area contributed by atoms with Gasteiger partial charge in [0.15, 0.2) is 31.3 Å². The highest BCUT2D eigenvalue weighted by Crippen LogP contribution is 2.19. The van der Waals surface area contributed by atoms with Crippen molar-refractivity contribution in [3.63, 3.8) is 0 Å². The summed E-state index contributed by atoms with van der Waals surface area (Å²) in [6.45, 7) is 3.23. The number of para-hydroxylation sites is 1. The maximum absolute atomic E-state index is 2.35. The molecule has 1 atom stereocenters. The summed E-state index contributed by atoms with van der Waals surface area (Å²) in [5, 5.41) is 0. The van der Waals surface area contributed by atoms with E-state index in [4.69, 9.17) is 0 Å². The Balaban J connectivity index is 1.52. The van der Waals surface area contributed by atoms with E-state index in [1.54, 1.807) is 0 Å². The Morgan fingerprint density at radius 1 is 0.880 bits per heavy atom. The second kappa shape index (κ2) is 7.02. The van der Waals surface area contributed by atoms with Crippen LogP contribution in [0.3, 0.4) is 0 Å². The summed E-state index contributed by atoms with van der Waals surface area (Å²) in [6.07, 6.45) is 15.8. The van der Waals surface area contributed by atoms with Crippen LogP contribution in [0.1, 0.15) is 18.4 Å². The number of hydrogen-bond acceptors (Lipinski definition) is 0. The van der Waals surface area contributed by atoms with Gasteiger partial charge in [-0.3, -0.25) is 0 Å². The molecular weight excluding hydrogens is 304 g/mol. The second-order valence-corrected chi connectivity index (χ2v) is 6.83. The Morgan fingerprint density at radius 2 is 1.56 bits per heavy atom. The van der Waals surface area contributed by atoms with Crippen LogP contribution in [0.15, 0.2) is 85.5 Å². The Hall–Kier alpha value is -2.74. The fourth-order valence-electron chi connectivity index (χ4n) is 3.52. The molecule has 0 N–H and O–H groups in total. The van der Waals surface area contributed by atoms with Crippen LogP contribution >= 0.6 is 0 Å². The summed E-state index contributed by atoms with van der Waals surface area (Å²) >= 11 is 0. The van der Waals surface area contributed by atoms with E-state index >= 15 is 0 Å². The molecule has 2 nitrogen and oxygen atoms in total. The van der Waals surface area contributed by atoms with Crippen molar-refractivity contribution in [2.45, 2.75) is 26.3 Å². The Morgan fingerprint density at radius 3 is 2.20 bits per heavy atom. The largest absolute Gasteiger partial charge is 0.213 e. The van der Waals surface area contributed by atoms with Gasteiger partial charge < -0.3 is 0 Å². The minimum Gasteiger partial charge on any atom is -0.204 e. The average molecular weight is 328 g/mol. The van der Waals surface area contributed by atoms with Crippen LogP contribution in [0, 0.1) is 12.8 Å². The third kappa shape index (κ3) is 3.53. The summed E-state index contributed by atoms with van der Waals surface area (Å²) in [5.74, 6) is 0.695. The minimum atomic E-state index is 0.695. The van der Waals surface area contributed by atoms with Gasteiger partial charge in [0.2, 0.25) is 5.69 Å². The summed E-state index contributed by atoms with van der Waals surface area (Å²) in [6, 6.07) is 17.3. The fraction of sp³-hybridized carbons (Fsp3) is 0.217. The van der Waals surface area contributed by atoms with Crippen LogP contribution in [0.5, 0.6) is 0 Å². The van der Waals surface area contributed by atoms with Crippen LogP contribution in [-0.2, 0) is 6.54 Å². The van der Waals surface area contributed by atoms with E-state index in [0.29, 0.717) is 5.92 Å². The molecule has 0 spiro atoms. The molecule has 1 aliphatic rings. The number of allylic oxidation sites excluding steroid dienone is 2. The molecule has 1 aromatic carbocycles. The first kappa shape index (κ1) is 15.8. The monoisotopic (exact) mass is 328 g/mol. The molecule has 0 bridgehead atoms. The molecule has 0 radical (unpaired) electrons. The van der Waals surface area contributed by atoms with Crippen LogP contribution in [0.2, 0.25) is 0 Å². The van der Waals surface area contributed by atoms with Gasteiger partial charge in [0, 0.05) is 41.8 Å². The lowest BCUT2D eigenvalue weighted by Crippen LogP contribution is -2.35. The van der Waals surface area contributed by atoms with Gasteiger partial charge >= 0.3 is 0 Å². The summed E-state index contributed by atoms with van der Waals surface area (Å²) in [5.41, 5.74) is 5.01. The zero-order chi connectivity index (χ0) is 17.1. The van der Waals surface area contributed by atoms with E-state index in [-0.39, 0.29) is 0 Å². The first-order valence-electron chi connectivity index (χ1n) is 9.03. The predicted molar refractivity (Wildman–Crippen MR) is 100 cm³/mol. The lowest BCUT2D eigenvalue weighted by atomic mass is 10.1. The smallest absolute Gasteiger partial charge is 0.204 e. The lowest BCUT2D eigenvalue weighted by molar-refractivity contribution is -0.701. The highest BCUT2D eigenvalue weighted by molar-refractivity contribution is 5.61. The van der Waals surface area contributed by atoms with E-state index in [9.17, 15) is 0 Å². The molecule has 25 heavy (non-hydrogen) atoms. The molecule has 0 saturated heterocycles. The molecule has 0 unspecified atom stereocenters. The highest BCUT2D eigenvalue weighted by atomic mass is 14.9. The van der Waals surface area contributed by atoms with Crippen molar-refractivity contribution in [1.82, 2.24) is 0 Å².